The quantitative estimate of drug-likeness (QED) is 0.875. The molecule has 1 aromatic carbocycles. The summed E-state index contributed by atoms with van der Waals surface area (Å²) >= 11 is 0. The lowest BCUT2D eigenvalue weighted by Crippen LogP contribution is -2.23. The van der Waals surface area contributed by atoms with Crippen LogP contribution in [-0.4, -0.2) is 6.04 Å². The van der Waals surface area contributed by atoms with Crippen LogP contribution in [0.4, 0.5) is 18.9 Å². The lowest BCUT2D eigenvalue weighted by Gasteiger charge is -2.25. The Balaban J connectivity index is 2.16. The van der Waals surface area contributed by atoms with Gasteiger partial charge in [0.1, 0.15) is 0 Å². The molecule has 2 nitrogen and oxygen atoms in total. The molecule has 0 spiro atoms. The molecule has 1 aliphatic carbocycles. The number of alkyl halides is 3. The third-order valence-corrected chi connectivity index (χ3v) is 3.62. The van der Waals surface area contributed by atoms with Crippen LogP contribution >= 0.6 is 0 Å². The van der Waals surface area contributed by atoms with E-state index in [1.807, 2.05) is 0 Å². The predicted molar refractivity (Wildman–Crippen MR) is 69.8 cm³/mol. The number of hydrogen-bond acceptors (Lipinski definition) is 2. The van der Waals surface area contributed by atoms with E-state index in [-0.39, 0.29) is 6.54 Å². The number of rotatable bonds is 3. The van der Waals surface area contributed by atoms with Crippen LogP contribution in [0.25, 0.3) is 0 Å². The van der Waals surface area contributed by atoms with E-state index in [1.165, 1.54) is 25.3 Å². The number of halogens is 3. The summed E-state index contributed by atoms with van der Waals surface area (Å²) in [6.07, 6.45) is 1.44. The predicted octanol–water partition coefficient (Wildman–Crippen LogP) is 3.91. The van der Waals surface area contributed by atoms with Crippen LogP contribution in [0.1, 0.15) is 43.2 Å². The van der Waals surface area contributed by atoms with E-state index in [4.69, 9.17) is 5.73 Å². The maximum Gasteiger partial charge on any atom is 0.416 e. The lowest BCUT2D eigenvalue weighted by atomic mass is 9.95. The Morgan fingerprint density at radius 2 is 1.84 bits per heavy atom. The van der Waals surface area contributed by atoms with E-state index in [0.29, 0.717) is 11.6 Å². The van der Waals surface area contributed by atoms with Gasteiger partial charge >= 0.3 is 6.18 Å². The summed E-state index contributed by atoms with van der Waals surface area (Å²) in [5.74, 6) is 0. The molecule has 5 heteroatoms. The highest BCUT2D eigenvalue weighted by atomic mass is 19.4. The Bertz CT molecular complexity index is 423. The molecule has 1 saturated carbocycles. The molecule has 0 aliphatic heterocycles. The first-order valence-corrected chi connectivity index (χ1v) is 6.67. The first kappa shape index (κ1) is 14.2. The smallest absolute Gasteiger partial charge is 0.382 e. The Labute approximate surface area is 111 Å². The molecule has 2 rings (SSSR count). The number of nitrogens with one attached hydrogen (secondary N) is 1. The first-order valence-electron chi connectivity index (χ1n) is 6.67. The first-order chi connectivity index (χ1) is 9.00. The van der Waals surface area contributed by atoms with Gasteiger partial charge in [-0.2, -0.15) is 13.2 Å². The van der Waals surface area contributed by atoms with Gasteiger partial charge in [0.15, 0.2) is 0 Å². The third-order valence-electron chi connectivity index (χ3n) is 3.62. The average molecular weight is 272 g/mol. The van der Waals surface area contributed by atoms with Crippen LogP contribution in [0, 0.1) is 0 Å². The lowest BCUT2D eigenvalue weighted by molar-refractivity contribution is -0.137. The molecule has 0 saturated heterocycles. The largest absolute Gasteiger partial charge is 0.416 e. The van der Waals surface area contributed by atoms with E-state index in [1.54, 1.807) is 0 Å². The van der Waals surface area contributed by atoms with E-state index in [2.05, 4.69) is 5.32 Å². The van der Waals surface area contributed by atoms with Crippen molar-refractivity contribution in [3.63, 3.8) is 0 Å². The van der Waals surface area contributed by atoms with Crippen molar-refractivity contribution in [3.8, 4) is 0 Å². The van der Waals surface area contributed by atoms with Gasteiger partial charge in [-0.3, -0.25) is 0 Å². The molecule has 0 unspecified atom stereocenters. The summed E-state index contributed by atoms with van der Waals surface area (Å²) in [6, 6.07) is 4.12. The summed E-state index contributed by atoms with van der Waals surface area (Å²) in [5.41, 5.74) is 6.19. The zero-order valence-electron chi connectivity index (χ0n) is 10.8. The molecule has 0 aromatic heterocycles. The van der Waals surface area contributed by atoms with E-state index >= 15 is 0 Å². The highest BCUT2D eigenvalue weighted by Crippen LogP contribution is 2.32. The monoisotopic (exact) mass is 272 g/mol. The van der Waals surface area contributed by atoms with Crippen LogP contribution < -0.4 is 11.1 Å². The number of hydrogen-bond donors (Lipinski definition) is 2. The topological polar surface area (TPSA) is 38.0 Å². The highest BCUT2D eigenvalue weighted by Gasteiger charge is 2.31. The van der Waals surface area contributed by atoms with Gasteiger partial charge in [0.2, 0.25) is 0 Å². The fourth-order valence-electron chi connectivity index (χ4n) is 2.55. The number of benzene rings is 1. The molecule has 3 N–H and O–H groups in total. The van der Waals surface area contributed by atoms with E-state index in [0.717, 1.165) is 30.7 Å². The van der Waals surface area contributed by atoms with Gasteiger partial charge in [0.25, 0.3) is 0 Å². The second-order valence-corrected chi connectivity index (χ2v) is 5.05. The molecular formula is C14H19F3N2. The molecule has 0 atom stereocenters. The van der Waals surface area contributed by atoms with Crippen molar-refractivity contribution in [3.05, 3.63) is 29.3 Å². The molecule has 0 heterocycles. The van der Waals surface area contributed by atoms with Crippen molar-refractivity contribution in [2.45, 2.75) is 50.9 Å². The van der Waals surface area contributed by atoms with E-state index < -0.39 is 11.7 Å². The van der Waals surface area contributed by atoms with Crippen molar-refractivity contribution in [1.29, 1.82) is 0 Å². The summed E-state index contributed by atoms with van der Waals surface area (Å²) in [5, 5.41) is 3.33. The number of nitrogens with two attached hydrogens (primary N) is 1. The Kier molecular flexibility index (Phi) is 4.34. The van der Waals surface area contributed by atoms with Crippen LogP contribution in [0.3, 0.4) is 0 Å². The van der Waals surface area contributed by atoms with Gasteiger partial charge in [-0.1, -0.05) is 19.3 Å². The standard InChI is InChI=1S/C14H19F3N2/c15-14(16,17)11-6-7-13(10(8-11)9-18)19-12-4-2-1-3-5-12/h6-8,12,19H,1-5,9,18H2. The summed E-state index contributed by atoms with van der Waals surface area (Å²) in [7, 11) is 0. The van der Waals surface area contributed by atoms with Crippen molar-refractivity contribution in [2.24, 2.45) is 5.73 Å². The van der Waals surface area contributed by atoms with Crippen molar-refractivity contribution < 1.29 is 13.2 Å². The van der Waals surface area contributed by atoms with Crippen LogP contribution in [-0.2, 0) is 12.7 Å². The van der Waals surface area contributed by atoms with Gasteiger partial charge < -0.3 is 11.1 Å². The molecule has 1 fully saturated rings. The average Bonchev–Trinajstić information content (AvgIpc) is 2.39. The van der Waals surface area contributed by atoms with Gasteiger partial charge in [0.05, 0.1) is 5.56 Å². The second-order valence-electron chi connectivity index (χ2n) is 5.05. The molecule has 106 valence electrons. The van der Waals surface area contributed by atoms with Crippen molar-refractivity contribution in [2.75, 3.05) is 5.32 Å². The van der Waals surface area contributed by atoms with Crippen molar-refractivity contribution >= 4 is 5.69 Å². The van der Waals surface area contributed by atoms with Crippen LogP contribution in [0.2, 0.25) is 0 Å². The highest BCUT2D eigenvalue weighted by molar-refractivity contribution is 5.53. The molecule has 0 amide bonds. The molecule has 0 bridgehead atoms. The second kappa shape index (κ2) is 5.82. The molecule has 19 heavy (non-hydrogen) atoms. The van der Waals surface area contributed by atoms with Crippen molar-refractivity contribution in [1.82, 2.24) is 0 Å². The molecule has 1 aromatic rings. The van der Waals surface area contributed by atoms with E-state index in [9.17, 15) is 13.2 Å². The van der Waals surface area contributed by atoms with Gasteiger partial charge in [-0.25, -0.2) is 0 Å². The zero-order valence-corrected chi connectivity index (χ0v) is 10.8. The minimum Gasteiger partial charge on any atom is -0.382 e. The third kappa shape index (κ3) is 3.62. The number of anilines is 1. The molecular weight excluding hydrogens is 253 g/mol. The zero-order chi connectivity index (χ0) is 13.9. The maximum atomic E-state index is 12.6. The molecule has 0 radical (unpaired) electrons. The van der Waals surface area contributed by atoms with Gasteiger partial charge in [0, 0.05) is 18.3 Å². The van der Waals surface area contributed by atoms with Crippen LogP contribution in [0.5, 0.6) is 0 Å². The summed E-state index contributed by atoms with van der Waals surface area (Å²) in [6.45, 7) is 0.110. The SMILES string of the molecule is NCc1cc(C(F)(F)F)ccc1NC1CCCCC1. The fraction of sp³-hybridized carbons (Fsp3) is 0.571. The van der Waals surface area contributed by atoms with Gasteiger partial charge in [-0.05, 0) is 36.6 Å². The minimum atomic E-state index is -4.31. The Morgan fingerprint density at radius 1 is 1.16 bits per heavy atom. The Morgan fingerprint density at radius 3 is 2.42 bits per heavy atom. The molecule has 1 aliphatic rings. The normalized spacial score (nSPS) is 17.5. The summed E-state index contributed by atoms with van der Waals surface area (Å²) in [4.78, 5) is 0. The minimum absolute atomic E-state index is 0.110. The maximum absolute atomic E-state index is 12.6. The summed E-state index contributed by atoms with van der Waals surface area (Å²) < 4.78 is 37.9. The fourth-order valence-corrected chi connectivity index (χ4v) is 2.55. The van der Waals surface area contributed by atoms with Gasteiger partial charge in [-0.15, -0.1) is 0 Å². The van der Waals surface area contributed by atoms with Crippen LogP contribution in [0.15, 0.2) is 18.2 Å². The Hall–Kier alpha value is -1.23.